The van der Waals surface area contributed by atoms with Crippen LogP contribution in [0.25, 0.3) is 10.8 Å². The Bertz CT molecular complexity index is 959. The lowest BCUT2D eigenvalue weighted by atomic mass is 10.1. The fourth-order valence-corrected chi connectivity index (χ4v) is 2.57. The first-order valence-electron chi connectivity index (χ1n) is 7.71. The first-order valence-corrected chi connectivity index (χ1v) is 7.71. The van der Waals surface area contributed by atoms with Crippen LogP contribution in [0.5, 0.6) is 0 Å². The van der Waals surface area contributed by atoms with E-state index in [2.05, 4.69) is 5.10 Å². The Hall–Kier alpha value is -2.95. The van der Waals surface area contributed by atoms with Gasteiger partial charge in [0.25, 0.3) is 5.56 Å². The summed E-state index contributed by atoms with van der Waals surface area (Å²) >= 11 is 0. The molecular formula is C19H18N2O3. The number of fused-ring (bicyclic) bond motifs is 1. The number of aryl methyl sites for hydroxylation is 2. The number of rotatable bonds is 3. The summed E-state index contributed by atoms with van der Waals surface area (Å²) in [4.78, 5) is 24.7. The van der Waals surface area contributed by atoms with Crippen LogP contribution in [0, 0.1) is 6.92 Å². The van der Waals surface area contributed by atoms with Gasteiger partial charge in [-0.05, 0) is 25.5 Å². The first kappa shape index (κ1) is 15.9. The second kappa shape index (κ2) is 6.28. The third kappa shape index (κ3) is 2.93. The lowest BCUT2D eigenvalue weighted by Gasteiger charge is -2.14. The molecule has 3 aromatic rings. The van der Waals surface area contributed by atoms with Crippen LogP contribution in [0.1, 0.15) is 34.6 Å². The number of aromatic nitrogens is 2. The molecule has 0 aliphatic carbocycles. The maximum absolute atomic E-state index is 12.6. The van der Waals surface area contributed by atoms with Crippen LogP contribution in [0.3, 0.4) is 0 Å². The molecule has 0 fully saturated rings. The van der Waals surface area contributed by atoms with Crippen molar-refractivity contribution in [3.63, 3.8) is 0 Å². The molecule has 1 heterocycles. The molecule has 1 aromatic heterocycles. The smallest absolute Gasteiger partial charge is 0.360 e. The lowest BCUT2D eigenvalue weighted by molar-refractivity contribution is 0.0331. The molecule has 0 bridgehead atoms. The molecule has 5 heteroatoms. The van der Waals surface area contributed by atoms with Gasteiger partial charge in [-0.1, -0.05) is 48.0 Å². The number of hydrogen-bond acceptors (Lipinski definition) is 4. The van der Waals surface area contributed by atoms with E-state index in [0.717, 1.165) is 15.8 Å². The Balaban J connectivity index is 1.96. The highest BCUT2D eigenvalue weighted by Gasteiger charge is 2.19. The summed E-state index contributed by atoms with van der Waals surface area (Å²) in [6, 6.07) is 14.7. The number of benzene rings is 2. The molecule has 5 nitrogen and oxygen atoms in total. The summed E-state index contributed by atoms with van der Waals surface area (Å²) < 4.78 is 6.71. The van der Waals surface area contributed by atoms with Crippen molar-refractivity contribution in [1.82, 2.24) is 9.78 Å². The fraction of sp³-hybridized carbons (Fsp3) is 0.211. The van der Waals surface area contributed by atoms with E-state index in [1.165, 1.54) is 7.05 Å². The van der Waals surface area contributed by atoms with Crippen LogP contribution in [-0.2, 0) is 11.8 Å². The zero-order valence-corrected chi connectivity index (χ0v) is 13.8. The van der Waals surface area contributed by atoms with Gasteiger partial charge in [-0.2, -0.15) is 5.10 Å². The highest BCUT2D eigenvalue weighted by atomic mass is 16.5. The molecule has 1 atom stereocenters. The van der Waals surface area contributed by atoms with Gasteiger partial charge < -0.3 is 4.74 Å². The number of hydrogen-bond donors (Lipinski definition) is 0. The molecule has 122 valence electrons. The van der Waals surface area contributed by atoms with E-state index >= 15 is 0 Å². The molecule has 24 heavy (non-hydrogen) atoms. The Morgan fingerprint density at radius 2 is 1.71 bits per heavy atom. The topological polar surface area (TPSA) is 61.2 Å². The summed E-state index contributed by atoms with van der Waals surface area (Å²) in [5.41, 5.74) is 1.95. The molecule has 0 spiro atoms. The molecule has 3 rings (SSSR count). The minimum absolute atomic E-state index is 0.145. The van der Waals surface area contributed by atoms with Crippen molar-refractivity contribution < 1.29 is 9.53 Å². The van der Waals surface area contributed by atoms with Gasteiger partial charge in [0.2, 0.25) is 0 Å². The second-order valence-corrected chi connectivity index (χ2v) is 5.78. The van der Waals surface area contributed by atoms with E-state index in [9.17, 15) is 9.59 Å². The monoisotopic (exact) mass is 322 g/mol. The molecule has 0 saturated heterocycles. The van der Waals surface area contributed by atoms with Crippen molar-refractivity contribution in [1.29, 1.82) is 0 Å². The minimum Gasteiger partial charge on any atom is -0.453 e. The standard InChI is InChI=1S/C19H18N2O3/c1-12-8-10-14(11-9-12)13(2)24-19(23)17-15-6-4-5-7-16(15)18(22)21(3)20-17/h4-11,13H,1-3H3/t13-/m0/s1. The SMILES string of the molecule is Cc1ccc([C@H](C)OC(=O)c2nn(C)c(=O)c3ccccc23)cc1. The molecule has 0 aliphatic rings. The predicted octanol–water partition coefficient (Wildman–Crippen LogP) is 3.16. The molecule has 0 radical (unpaired) electrons. The molecule has 0 amide bonds. The number of carbonyl (C=O) groups excluding carboxylic acids is 1. The van der Waals surface area contributed by atoms with E-state index in [4.69, 9.17) is 4.74 Å². The number of esters is 1. The summed E-state index contributed by atoms with van der Waals surface area (Å²) in [5, 5.41) is 5.04. The maximum Gasteiger partial charge on any atom is 0.360 e. The van der Waals surface area contributed by atoms with Crippen LogP contribution in [0.4, 0.5) is 0 Å². The van der Waals surface area contributed by atoms with E-state index in [0.29, 0.717) is 10.8 Å². The van der Waals surface area contributed by atoms with E-state index in [1.54, 1.807) is 24.3 Å². The highest BCUT2D eigenvalue weighted by molar-refractivity contribution is 6.02. The average Bonchev–Trinajstić information content (AvgIpc) is 2.58. The van der Waals surface area contributed by atoms with Crippen molar-refractivity contribution in [2.75, 3.05) is 0 Å². The average molecular weight is 322 g/mol. The van der Waals surface area contributed by atoms with Gasteiger partial charge in [0.05, 0.1) is 5.39 Å². The van der Waals surface area contributed by atoms with Gasteiger partial charge in [-0.3, -0.25) is 4.79 Å². The molecule has 2 aromatic carbocycles. The van der Waals surface area contributed by atoms with Gasteiger partial charge >= 0.3 is 5.97 Å². The highest BCUT2D eigenvalue weighted by Crippen LogP contribution is 2.21. The van der Waals surface area contributed by atoms with Gasteiger partial charge in [-0.25, -0.2) is 9.48 Å². The van der Waals surface area contributed by atoms with Gasteiger partial charge in [0, 0.05) is 12.4 Å². The van der Waals surface area contributed by atoms with Crippen LogP contribution < -0.4 is 5.56 Å². The Morgan fingerprint density at radius 3 is 2.38 bits per heavy atom. The normalized spacial score (nSPS) is 12.1. The van der Waals surface area contributed by atoms with Crippen molar-refractivity contribution in [3.8, 4) is 0 Å². The van der Waals surface area contributed by atoms with Crippen molar-refractivity contribution in [2.45, 2.75) is 20.0 Å². The molecule has 0 aliphatic heterocycles. The largest absolute Gasteiger partial charge is 0.453 e. The van der Waals surface area contributed by atoms with Crippen LogP contribution >= 0.6 is 0 Å². The lowest BCUT2D eigenvalue weighted by Crippen LogP contribution is -2.24. The van der Waals surface area contributed by atoms with Gasteiger partial charge in [-0.15, -0.1) is 0 Å². The Labute approximate surface area is 139 Å². The number of nitrogens with zero attached hydrogens (tertiary/aromatic N) is 2. The van der Waals surface area contributed by atoms with Crippen LogP contribution in [-0.4, -0.2) is 15.7 Å². The van der Waals surface area contributed by atoms with E-state index in [-0.39, 0.29) is 11.3 Å². The molecular weight excluding hydrogens is 304 g/mol. The van der Waals surface area contributed by atoms with Crippen molar-refractivity contribution in [2.24, 2.45) is 7.05 Å². The Morgan fingerprint density at radius 1 is 1.08 bits per heavy atom. The van der Waals surface area contributed by atoms with E-state index in [1.807, 2.05) is 38.1 Å². The zero-order valence-electron chi connectivity index (χ0n) is 13.8. The molecule has 0 unspecified atom stereocenters. The minimum atomic E-state index is -0.546. The van der Waals surface area contributed by atoms with Crippen molar-refractivity contribution >= 4 is 16.7 Å². The second-order valence-electron chi connectivity index (χ2n) is 5.78. The first-order chi connectivity index (χ1) is 11.5. The zero-order chi connectivity index (χ0) is 17.3. The van der Waals surface area contributed by atoms with E-state index < -0.39 is 12.1 Å². The molecule has 0 N–H and O–H groups in total. The molecule has 0 saturated carbocycles. The predicted molar refractivity (Wildman–Crippen MR) is 92.0 cm³/mol. The third-order valence-corrected chi connectivity index (χ3v) is 3.98. The summed E-state index contributed by atoms with van der Waals surface area (Å²) in [6.45, 7) is 3.81. The van der Waals surface area contributed by atoms with Crippen LogP contribution in [0.2, 0.25) is 0 Å². The third-order valence-electron chi connectivity index (χ3n) is 3.98. The number of ether oxygens (including phenoxy) is 1. The van der Waals surface area contributed by atoms with Crippen LogP contribution in [0.15, 0.2) is 53.3 Å². The summed E-state index contributed by atoms with van der Waals surface area (Å²) in [5.74, 6) is -0.546. The summed E-state index contributed by atoms with van der Waals surface area (Å²) in [7, 11) is 1.52. The summed E-state index contributed by atoms with van der Waals surface area (Å²) in [6.07, 6.45) is -0.407. The maximum atomic E-state index is 12.6. The van der Waals surface area contributed by atoms with Crippen molar-refractivity contribution in [3.05, 3.63) is 75.7 Å². The fourth-order valence-electron chi connectivity index (χ4n) is 2.57. The van der Waals surface area contributed by atoms with Gasteiger partial charge in [0.1, 0.15) is 6.10 Å². The van der Waals surface area contributed by atoms with Gasteiger partial charge in [0.15, 0.2) is 5.69 Å². The number of carbonyl (C=O) groups is 1. The quantitative estimate of drug-likeness (QED) is 0.695. The Kier molecular flexibility index (Phi) is 4.16.